The largest absolute Gasteiger partial charge is 0.331 e. The average Bonchev–Trinajstić information content (AvgIpc) is 3.19. The smallest absolute Gasteiger partial charge is 0.322 e. The molecule has 0 atom stereocenters. The first-order valence-electron chi connectivity index (χ1n) is 10.8. The standard InChI is InChI=1S/C26H19F3N4O2/c27-19-9-3-1-7-17(19)13-32-23-12-6-5-11-22(23)30-24(32)16-31-15-21(29)25(34)33(26(31)35)14-18-8-2-4-10-20(18)28/h1-12,15H,13-14,16H2. The molecule has 2 heterocycles. The second kappa shape index (κ2) is 9.09. The second-order valence-corrected chi connectivity index (χ2v) is 8.06. The third kappa shape index (κ3) is 4.28. The monoisotopic (exact) mass is 476 g/mol. The summed E-state index contributed by atoms with van der Waals surface area (Å²) in [4.78, 5) is 30.1. The van der Waals surface area contributed by atoms with Gasteiger partial charge >= 0.3 is 5.69 Å². The van der Waals surface area contributed by atoms with E-state index in [1.54, 1.807) is 41.0 Å². The van der Waals surface area contributed by atoms with Crippen molar-refractivity contribution < 1.29 is 13.2 Å². The molecule has 0 saturated carbocycles. The van der Waals surface area contributed by atoms with Gasteiger partial charge in [0.25, 0.3) is 5.56 Å². The van der Waals surface area contributed by atoms with Gasteiger partial charge in [0.2, 0.25) is 5.82 Å². The molecule has 0 aliphatic carbocycles. The lowest BCUT2D eigenvalue weighted by Gasteiger charge is -2.13. The SMILES string of the molecule is O=c1c(F)cn(Cc2nc3ccccc3n2Cc2ccccc2F)c(=O)n1Cc1ccccc1F. The highest BCUT2D eigenvalue weighted by Crippen LogP contribution is 2.20. The molecule has 0 aliphatic heterocycles. The van der Waals surface area contributed by atoms with Gasteiger partial charge in [0, 0.05) is 11.1 Å². The van der Waals surface area contributed by atoms with Gasteiger partial charge in [0.15, 0.2) is 0 Å². The summed E-state index contributed by atoms with van der Waals surface area (Å²) in [7, 11) is 0. The molecular formula is C26H19F3N4O2. The summed E-state index contributed by atoms with van der Waals surface area (Å²) in [6.07, 6.45) is 0.815. The van der Waals surface area contributed by atoms with Crippen molar-refractivity contribution in [2.24, 2.45) is 0 Å². The fourth-order valence-electron chi connectivity index (χ4n) is 4.04. The van der Waals surface area contributed by atoms with Crippen LogP contribution in [0.15, 0.2) is 88.6 Å². The van der Waals surface area contributed by atoms with Crippen LogP contribution in [-0.4, -0.2) is 18.7 Å². The van der Waals surface area contributed by atoms with Gasteiger partial charge in [0.1, 0.15) is 17.5 Å². The van der Waals surface area contributed by atoms with Crippen LogP contribution in [0.5, 0.6) is 0 Å². The number of hydrogen-bond donors (Lipinski definition) is 0. The highest BCUT2D eigenvalue weighted by atomic mass is 19.1. The number of rotatable bonds is 6. The van der Waals surface area contributed by atoms with Crippen molar-refractivity contribution in [1.29, 1.82) is 0 Å². The van der Waals surface area contributed by atoms with E-state index in [0.29, 0.717) is 27.0 Å². The first-order chi connectivity index (χ1) is 16.9. The fraction of sp³-hybridized carbons (Fsp3) is 0.115. The van der Waals surface area contributed by atoms with E-state index in [1.807, 2.05) is 12.1 Å². The molecule has 9 heteroatoms. The van der Waals surface area contributed by atoms with Crippen LogP contribution >= 0.6 is 0 Å². The van der Waals surface area contributed by atoms with Crippen LogP contribution in [0, 0.1) is 17.5 Å². The van der Waals surface area contributed by atoms with Gasteiger partial charge < -0.3 is 4.57 Å². The molecule has 2 aromatic heterocycles. The normalized spacial score (nSPS) is 11.3. The maximum absolute atomic E-state index is 14.6. The number of aromatic nitrogens is 4. The minimum Gasteiger partial charge on any atom is -0.322 e. The minimum atomic E-state index is -1.15. The lowest BCUT2D eigenvalue weighted by molar-refractivity contribution is 0.502. The van der Waals surface area contributed by atoms with E-state index in [9.17, 15) is 22.8 Å². The van der Waals surface area contributed by atoms with Crippen LogP contribution in [0.25, 0.3) is 11.0 Å². The van der Waals surface area contributed by atoms with E-state index in [2.05, 4.69) is 4.98 Å². The van der Waals surface area contributed by atoms with Gasteiger partial charge in [-0.3, -0.25) is 13.9 Å². The first kappa shape index (κ1) is 22.4. The van der Waals surface area contributed by atoms with Gasteiger partial charge in [-0.05, 0) is 24.3 Å². The zero-order valence-electron chi connectivity index (χ0n) is 18.4. The number of benzene rings is 3. The van der Waals surface area contributed by atoms with E-state index in [4.69, 9.17) is 0 Å². The summed E-state index contributed by atoms with van der Waals surface area (Å²) in [5, 5.41) is 0. The molecule has 0 bridgehead atoms. The summed E-state index contributed by atoms with van der Waals surface area (Å²) in [6.45, 7) is -0.473. The van der Waals surface area contributed by atoms with Crippen molar-refractivity contribution in [2.75, 3.05) is 0 Å². The Hall–Kier alpha value is -4.40. The van der Waals surface area contributed by atoms with Gasteiger partial charge in [-0.25, -0.2) is 18.6 Å². The second-order valence-electron chi connectivity index (χ2n) is 8.06. The van der Waals surface area contributed by atoms with Gasteiger partial charge in [-0.2, -0.15) is 4.39 Å². The molecule has 6 nitrogen and oxygen atoms in total. The van der Waals surface area contributed by atoms with Crippen molar-refractivity contribution in [3.05, 3.63) is 134 Å². The summed E-state index contributed by atoms with van der Waals surface area (Å²) < 4.78 is 46.5. The lowest BCUT2D eigenvalue weighted by atomic mass is 10.2. The quantitative estimate of drug-likeness (QED) is 0.373. The Balaban J connectivity index is 1.60. The van der Waals surface area contributed by atoms with Crippen molar-refractivity contribution in [3.8, 4) is 0 Å². The Labute approximate surface area is 197 Å². The Bertz CT molecular complexity index is 1670. The number of fused-ring (bicyclic) bond motifs is 1. The zero-order chi connectivity index (χ0) is 24.5. The van der Waals surface area contributed by atoms with E-state index in [0.717, 1.165) is 10.8 Å². The molecule has 3 aromatic carbocycles. The Morgan fingerprint density at radius 2 is 1.23 bits per heavy atom. The molecule has 0 aliphatic rings. The predicted molar refractivity (Wildman–Crippen MR) is 125 cm³/mol. The number of para-hydroxylation sites is 2. The first-order valence-corrected chi connectivity index (χ1v) is 10.8. The molecule has 35 heavy (non-hydrogen) atoms. The molecule has 0 amide bonds. The minimum absolute atomic E-state index is 0.0793. The lowest BCUT2D eigenvalue weighted by Crippen LogP contribution is -2.42. The van der Waals surface area contributed by atoms with Crippen LogP contribution < -0.4 is 11.2 Å². The number of nitrogens with zero attached hydrogens (tertiary/aromatic N) is 4. The van der Waals surface area contributed by atoms with Gasteiger partial charge in [-0.1, -0.05) is 48.5 Å². The number of hydrogen-bond acceptors (Lipinski definition) is 3. The summed E-state index contributed by atoms with van der Waals surface area (Å²) in [5.41, 5.74) is -0.139. The van der Waals surface area contributed by atoms with E-state index in [-0.39, 0.29) is 18.7 Å². The van der Waals surface area contributed by atoms with Gasteiger partial charge in [0.05, 0.1) is 36.9 Å². The number of imidazole rings is 1. The molecule has 0 unspecified atom stereocenters. The molecule has 176 valence electrons. The topological polar surface area (TPSA) is 61.8 Å². The molecule has 0 saturated heterocycles. The highest BCUT2D eigenvalue weighted by Gasteiger charge is 2.17. The van der Waals surface area contributed by atoms with Crippen LogP contribution in [0.2, 0.25) is 0 Å². The summed E-state index contributed by atoms with van der Waals surface area (Å²) in [6, 6.07) is 19.2. The summed E-state index contributed by atoms with van der Waals surface area (Å²) >= 11 is 0. The van der Waals surface area contributed by atoms with E-state index < -0.39 is 35.2 Å². The summed E-state index contributed by atoms with van der Waals surface area (Å²) in [5.74, 6) is -1.79. The highest BCUT2D eigenvalue weighted by molar-refractivity contribution is 5.76. The molecule has 0 fully saturated rings. The number of halogens is 3. The third-order valence-corrected chi connectivity index (χ3v) is 5.81. The van der Waals surface area contributed by atoms with Crippen molar-refractivity contribution in [3.63, 3.8) is 0 Å². The van der Waals surface area contributed by atoms with Crippen LogP contribution in [0.1, 0.15) is 17.0 Å². The van der Waals surface area contributed by atoms with Crippen LogP contribution in [-0.2, 0) is 19.6 Å². The van der Waals surface area contributed by atoms with Crippen molar-refractivity contribution >= 4 is 11.0 Å². The molecule has 0 radical (unpaired) electrons. The Morgan fingerprint density at radius 1 is 0.657 bits per heavy atom. The van der Waals surface area contributed by atoms with Gasteiger partial charge in [-0.15, -0.1) is 0 Å². The molecular weight excluding hydrogens is 457 g/mol. The molecule has 5 aromatic rings. The third-order valence-electron chi connectivity index (χ3n) is 5.81. The van der Waals surface area contributed by atoms with Crippen molar-refractivity contribution in [1.82, 2.24) is 18.7 Å². The molecule has 5 rings (SSSR count). The molecule has 0 spiro atoms. The predicted octanol–water partition coefficient (Wildman–Crippen LogP) is 3.92. The van der Waals surface area contributed by atoms with Crippen LogP contribution in [0.3, 0.4) is 0 Å². The van der Waals surface area contributed by atoms with E-state index >= 15 is 0 Å². The van der Waals surface area contributed by atoms with E-state index in [1.165, 1.54) is 24.3 Å². The molecule has 0 N–H and O–H groups in total. The Kier molecular flexibility index (Phi) is 5.82. The average molecular weight is 476 g/mol. The zero-order valence-corrected chi connectivity index (χ0v) is 18.4. The van der Waals surface area contributed by atoms with Crippen molar-refractivity contribution in [2.45, 2.75) is 19.6 Å². The maximum Gasteiger partial charge on any atom is 0.331 e. The van der Waals surface area contributed by atoms with Crippen LogP contribution in [0.4, 0.5) is 13.2 Å². The Morgan fingerprint density at radius 3 is 1.89 bits per heavy atom. The fourth-order valence-corrected chi connectivity index (χ4v) is 4.04. The maximum atomic E-state index is 14.6.